The number of anilines is 1. The number of benzene rings is 3. The Morgan fingerprint density at radius 3 is 2.48 bits per heavy atom. The van der Waals surface area contributed by atoms with Crippen LogP contribution in [0.25, 0.3) is 10.8 Å². The number of phenolic OH excluding ortho intramolecular Hbond substituents is 1. The van der Waals surface area contributed by atoms with E-state index in [1.807, 2.05) is 62.4 Å². The van der Waals surface area contributed by atoms with Gasteiger partial charge in [-0.1, -0.05) is 48.5 Å². The normalized spacial score (nSPS) is 12.3. The van der Waals surface area contributed by atoms with Crippen LogP contribution in [0.1, 0.15) is 23.6 Å². The Labute approximate surface area is 158 Å². The molecule has 0 aliphatic heterocycles. The number of hydrogen-bond acceptors (Lipinski definition) is 4. The van der Waals surface area contributed by atoms with E-state index in [1.165, 1.54) is 6.21 Å². The minimum absolute atomic E-state index is 0.119. The van der Waals surface area contributed by atoms with Gasteiger partial charge in [0.1, 0.15) is 11.8 Å². The molecular weight excluding hydrogens is 338 g/mol. The number of aromatic hydroxyl groups is 1. The van der Waals surface area contributed by atoms with Gasteiger partial charge in [-0.25, -0.2) is 5.43 Å². The van der Waals surface area contributed by atoms with Crippen molar-refractivity contribution in [3.63, 3.8) is 0 Å². The first-order valence-corrected chi connectivity index (χ1v) is 8.83. The molecule has 0 heterocycles. The third-order valence-corrected chi connectivity index (χ3v) is 4.55. The lowest BCUT2D eigenvalue weighted by molar-refractivity contribution is -0.121. The molecule has 0 aliphatic rings. The molecule has 138 valence electrons. The maximum atomic E-state index is 12.4. The third-order valence-electron chi connectivity index (χ3n) is 4.55. The lowest BCUT2D eigenvalue weighted by Gasteiger charge is -2.17. The Bertz CT molecular complexity index is 991. The van der Waals surface area contributed by atoms with E-state index in [1.54, 1.807) is 13.0 Å². The summed E-state index contributed by atoms with van der Waals surface area (Å²) in [6.07, 6.45) is 1.47. The maximum absolute atomic E-state index is 12.4. The van der Waals surface area contributed by atoms with Crippen molar-refractivity contribution in [3.8, 4) is 5.75 Å². The van der Waals surface area contributed by atoms with Gasteiger partial charge in [-0.2, -0.15) is 5.10 Å². The monoisotopic (exact) mass is 361 g/mol. The highest BCUT2D eigenvalue weighted by Crippen LogP contribution is 2.25. The van der Waals surface area contributed by atoms with E-state index >= 15 is 0 Å². The van der Waals surface area contributed by atoms with E-state index in [9.17, 15) is 9.90 Å². The predicted molar refractivity (Wildman–Crippen MR) is 110 cm³/mol. The SMILES string of the molecule is Cc1cccc(C)c1N[C@@H](C)C(=O)N/N=C\c1c(O)ccc2ccccc12. The first-order valence-electron chi connectivity index (χ1n) is 8.83. The van der Waals surface area contributed by atoms with Gasteiger partial charge in [-0.15, -0.1) is 0 Å². The second-order valence-corrected chi connectivity index (χ2v) is 6.59. The molecule has 0 radical (unpaired) electrons. The molecule has 3 aromatic rings. The number of carbonyl (C=O) groups excluding carboxylic acids is 1. The molecule has 0 saturated carbocycles. The van der Waals surface area contributed by atoms with Crippen LogP contribution in [-0.4, -0.2) is 23.3 Å². The number of phenols is 1. The minimum atomic E-state index is -0.455. The van der Waals surface area contributed by atoms with Crippen molar-refractivity contribution in [2.24, 2.45) is 5.10 Å². The van der Waals surface area contributed by atoms with Gasteiger partial charge in [0, 0.05) is 11.3 Å². The summed E-state index contributed by atoms with van der Waals surface area (Å²) in [4.78, 5) is 12.4. The number of hydrazone groups is 1. The van der Waals surface area contributed by atoms with Crippen LogP contribution < -0.4 is 10.7 Å². The molecule has 0 aliphatic carbocycles. The van der Waals surface area contributed by atoms with Crippen molar-refractivity contribution in [2.45, 2.75) is 26.8 Å². The number of aryl methyl sites for hydroxylation is 2. The Morgan fingerprint density at radius 2 is 1.74 bits per heavy atom. The van der Waals surface area contributed by atoms with E-state index in [0.29, 0.717) is 5.56 Å². The fourth-order valence-electron chi connectivity index (χ4n) is 3.00. The third kappa shape index (κ3) is 4.08. The summed E-state index contributed by atoms with van der Waals surface area (Å²) in [5.41, 5.74) is 6.23. The highest BCUT2D eigenvalue weighted by Gasteiger charge is 2.14. The topological polar surface area (TPSA) is 73.7 Å². The molecule has 1 amide bonds. The van der Waals surface area contributed by atoms with E-state index in [0.717, 1.165) is 27.6 Å². The molecule has 3 aromatic carbocycles. The molecule has 3 N–H and O–H groups in total. The smallest absolute Gasteiger partial charge is 0.262 e. The number of nitrogens with one attached hydrogen (secondary N) is 2. The van der Waals surface area contributed by atoms with Crippen molar-refractivity contribution in [1.82, 2.24) is 5.43 Å². The number of para-hydroxylation sites is 1. The molecule has 5 heteroatoms. The average molecular weight is 361 g/mol. The van der Waals surface area contributed by atoms with Crippen molar-refractivity contribution in [1.29, 1.82) is 0 Å². The molecule has 0 saturated heterocycles. The molecular formula is C22H23N3O2. The van der Waals surface area contributed by atoms with Crippen LogP contribution in [0.3, 0.4) is 0 Å². The molecule has 3 rings (SSSR count). The molecule has 0 aromatic heterocycles. The summed E-state index contributed by atoms with van der Waals surface area (Å²) < 4.78 is 0. The van der Waals surface area contributed by atoms with Crippen LogP contribution in [0.4, 0.5) is 5.69 Å². The molecule has 0 fully saturated rings. The number of amides is 1. The lowest BCUT2D eigenvalue weighted by Crippen LogP contribution is -2.35. The van der Waals surface area contributed by atoms with Gasteiger partial charge >= 0.3 is 0 Å². The summed E-state index contributed by atoms with van der Waals surface area (Å²) in [6.45, 7) is 5.79. The zero-order chi connectivity index (χ0) is 19.4. The number of carbonyl (C=O) groups is 1. The number of nitrogens with zero attached hydrogens (tertiary/aromatic N) is 1. The standard InChI is InChI=1S/C22H23N3O2/c1-14-7-6-8-15(2)21(14)24-16(3)22(27)25-23-13-19-18-10-5-4-9-17(18)11-12-20(19)26/h4-13,16,24,26H,1-3H3,(H,25,27)/b23-13-/t16-/m0/s1. The van der Waals surface area contributed by atoms with Crippen LogP contribution >= 0.6 is 0 Å². The molecule has 0 bridgehead atoms. The fraction of sp³-hybridized carbons (Fsp3) is 0.182. The lowest BCUT2D eigenvalue weighted by atomic mass is 10.0. The van der Waals surface area contributed by atoms with Gasteiger partial charge in [0.05, 0.1) is 6.21 Å². The largest absolute Gasteiger partial charge is 0.507 e. The van der Waals surface area contributed by atoms with Crippen LogP contribution in [-0.2, 0) is 4.79 Å². The van der Waals surface area contributed by atoms with E-state index in [4.69, 9.17) is 0 Å². The number of fused-ring (bicyclic) bond motifs is 1. The fourth-order valence-corrected chi connectivity index (χ4v) is 3.00. The quantitative estimate of drug-likeness (QED) is 0.473. The highest BCUT2D eigenvalue weighted by molar-refractivity contribution is 6.02. The van der Waals surface area contributed by atoms with E-state index in [-0.39, 0.29) is 11.7 Å². The van der Waals surface area contributed by atoms with Gasteiger partial charge in [-0.3, -0.25) is 4.79 Å². The van der Waals surface area contributed by atoms with E-state index in [2.05, 4.69) is 15.8 Å². The van der Waals surface area contributed by atoms with Crippen molar-refractivity contribution >= 4 is 28.6 Å². The Morgan fingerprint density at radius 1 is 1.04 bits per heavy atom. The van der Waals surface area contributed by atoms with Gasteiger partial charge in [0.15, 0.2) is 0 Å². The molecule has 27 heavy (non-hydrogen) atoms. The highest BCUT2D eigenvalue weighted by atomic mass is 16.3. The van der Waals surface area contributed by atoms with Crippen LogP contribution in [0, 0.1) is 13.8 Å². The zero-order valence-electron chi connectivity index (χ0n) is 15.7. The van der Waals surface area contributed by atoms with Gasteiger partial charge in [0.2, 0.25) is 0 Å². The van der Waals surface area contributed by atoms with Crippen molar-refractivity contribution in [3.05, 3.63) is 71.3 Å². The minimum Gasteiger partial charge on any atom is -0.507 e. The van der Waals surface area contributed by atoms with Gasteiger partial charge in [0.25, 0.3) is 5.91 Å². The molecule has 0 unspecified atom stereocenters. The molecule has 1 atom stereocenters. The number of hydrogen-bond donors (Lipinski definition) is 3. The Balaban J connectivity index is 1.71. The van der Waals surface area contributed by atoms with Crippen molar-refractivity contribution in [2.75, 3.05) is 5.32 Å². The predicted octanol–water partition coefficient (Wildman–Crippen LogP) is 4.11. The molecule has 5 nitrogen and oxygen atoms in total. The van der Waals surface area contributed by atoms with Crippen molar-refractivity contribution < 1.29 is 9.90 Å². The first kappa shape index (κ1) is 18.5. The number of rotatable bonds is 5. The van der Waals surface area contributed by atoms with Crippen LogP contribution in [0.5, 0.6) is 5.75 Å². The molecule has 0 spiro atoms. The van der Waals surface area contributed by atoms with Crippen LogP contribution in [0.2, 0.25) is 0 Å². The average Bonchev–Trinajstić information content (AvgIpc) is 2.66. The summed E-state index contributed by atoms with van der Waals surface area (Å²) in [7, 11) is 0. The second kappa shape index (κ2) is 7.91. The first-order chi connectivity index (χ1) is 13.0. The Hall–Kier alpha value is -3.34. The Kier molecular flexibility index (Phi) is 5.41. The summed E-state index contributed by atoms with van der Waals surface area (Å²) in [5, 5.41) is 19.3. The zero-order valence-corrected chi connectivity index (χ0v) is 15.7. The summed E-state index contributed by atoms with van der Waals surface area (Å²) in [5.74, 6) is -0.137. The van der Waals surface area contributed by atoms with E-state index < -0.39 is 6.04 Å². The van der Waals surface area contributed by atoms with Crippen LogP contribution in [0.15, 0.2) is 59.7 Å². The maximum Gasteiger partial charge on any atom is 0.262 e. The van der Waals surface area contributed by atoms with Gasteiger partial charge < -0.3 is 10.4 Å². The van der Waals surface area contributed by atoms with Gasteiger partial charge in [-0.05, 0) is 48.7 Å². The summed E-state index contributed by atoms with van der Waals surface area (Å²) >= 11 is 0. The summed E-state index contributed by atoms with van der Waals surface area (Å²) in [6, 6.07) is 16.7. The second-order valence-electron chi connectivity index (χ2n) is 6.59.